The van der Waals surface area contributed by atoms with Crippen molar-refractivity contribution < 1.29 is 14.3 Å². The highest BCUT2D eigenvalue weighted by atomic mass is 16.5. The lowest BCUT2D eigenvalue weighted by Gasteiger charge is -2.03. The molecule has 0 saturated carbocycles. The molecule has 1 atom stereocenters. The molecule has 2 rings (SSSR count). The summed E-state index contributed by atoms with van der Waals surface area (Å²) in [6.07, 6.45) is -0.155. The van der Waals surface area contributed by atoms with E-state index in [2.05, 4.69) is 0 Å². The predicted molar refractivity (Wildman–Crippen MR) is 46.8 cm³/mol. The second-order valence-electron chi connectivity index (χ2n) is 3.00. The summed E-state index contributed by atoms with van der Waals surface area (Å²) in [7, 11) is 1.60. The van der Waals surface area contributed by atoms with Crippen LogP contribution in [-0.2, 0) is 4.74 Å². The molecule has 0 aromatic heterocycles. The topological polar surface area (TPSA) is 35.5 Å². The van der Waals surface area contributed by atoms with Gasteiger partial charge in [-0.05, 0) is 25.1 Å². The van der Waals surface area contributed by atoms with Crippen molar-refractivity contribution in [3.63, 3.8) is 0 Å². The number of cyclic esters (lactones) is 1. The molecular weight excluding hydrogens is 168 g/mol. The van der Waals surface area contributed by atoms with Crippen LogP contribution < -0.4 is 4.74 Å². The molecule has 13 heavy (non-hydrogen) atoms. The Morgan fingerprint density at radius 3 is 2.92 bits per heavy atom. The Kier molecular flexibility index (Phi) is 1.72. The summed E-state index contributed by atoms with van der Waals surface area (Å²) in [4.78, 5) is 11.2. The Morgan fingerprint density at radius 2 is 2.23 bits per heavy atom. The summed E-state index contributed by atoms with van der Waals surface area (Å²) in [6, 6.07) is 5.34. The Hall–Kier alpha value is -1.51. The van der Waals surface area contributed by atoms with Gasteiger partial charge in [0.25, 0.3) is 0 Å². The van der Waals surface area contributed by atoms with Crippen LogP contribution >= 0.6 is 0 Å². The Balaban J connectivity index is 2.52. The molecule has 0 fully saturated rings. The number of hydrogen-bond acceptors (Lipinski definition) is 3. The highest BCUT2D eigenvalue weighted by molar-refractivity contribution is 5.94. The highest BCUT2D eigenvalue weighted by Crippen LogP contribution is 2.32. The molecule has 1 aromatic carbocycles. The molecule has 3 nitrogen and oxygen atoms in total. The lowest BCUT2D eigenvalue weighted by molar-refractivity contribution is 0.0421. The van der Waals surface area contributed by atoms with Crippen molar-refractivity contribution in [3.05, 3.63) is 29.3 Å². The van der Waals surface area contributed by atoms with Gasteiger partial charge in [0.05, 0.1) is 12.7 Å². The van der Waals surface area contributed by atoms with Gasteiger partial charge in [0.2, 0.25) is 0 Å². The zero-order valence-corrected chi connectivity index (χ0v) is 7.53. The zero-order chi connectivity index (χ0) is 9.42. The van der Waals surface area contributed by atoms with E-state index in [1.165, 1.54) is 0 Å². The summed E-state index contributed by atoms with van der Waals surface area (Å²) in [5.74, 6) is 0.508. The van der Waals surface area contributed by atoms with Crippen LogP contribution in [0.1, 0.15) is 28.9 Å². The van der Waals surface area contributed by atoms with Crippen molar-refractivity contribution in [2.45, 2.75) is 13.0 Å². The normalized spacial score (nSPS) is 19.5. The molecule has 1 aliphatic rings. The Labute approximate surface area is 76.3 Å². The Bertz CT molecular complexity index is 357. The molecule has 1 unspecified atom stereocenters. The molecule has 0 aliphatic carbocycles. The fraction of sp³-hybridized carbons (Fsp3) is 0.300. The third kappa shape index (κ3) is 1.16. The number of hydrogen-bond donors (Lipinski definition) is 0. The number of benzene rings is 1. The number of methoxy groups -OCH3 is 1. The predicted octanol–water partition coefficient (Wildman–Crippen LogP) is 1.93. The summed E-state index contributed by atoms with van der Waals surface area (Å²) < 4.78 is 10.1. The number of rotatable bonds is 1. The zero-order valence-electron chi connectivity index (χ0n) is 7.53. The van der Waals surface area contributed by atoms with Crippen molar-refractivity contribution in [2.24, 2.45) is 0 Å². The molecule has 0 spiro atoms. The van der Waals surface area contributed by atoms with E-state index < -0.39 is 0 Å². The summed E-state index contributed by atoms with van der Waals surface area (Å²) in [5, 5.41) is 0. The fourth-order valence-corrected chi connectivity index (χ4v) is 1.48. The van der Waals surface area contributed by atoms with Crippen LogP contribution in [0.4, 0.5) is 0 Å². The number of fused-ring (bicyclic) bond motifs is 1. The van der Waals surface area contributed by atoms with E-state index in [4.69, 9.17) is 9.47 Å². The quantitative estimate of drug-likeness (QED) is 0.616. The third-order valence-corrected chi connectivity index (χ3v) is 2.20. The summed E-state index contributed by atoms with van der Waals surface area (Å²) >= 11 is 0. The first-order valence-electron chi connectivity index (χ1n) is 4.11. The van der Waals surface area contributed by atoms with Gasteiger partial charge in [-0.15, -0.1) is 0 Å². The minimum atomic E-state index is -0.245. The number of esters is 1. The monoisotopic (exact) mass is 178 g/mol. The molecule has 3 heteroatoms. The van der Waals surface area contributed by atoms with Crippen LogP contribution in [0.5, 0.6) is 5.75 Å². The van der Waals surface area contributed by atoms with Crippen LogP contribution in [0, 0.1) is 0 Å². The number of ether oxygens (including phenoxy) is 2. The SMILES string of the molecule is COc1ccc2c(c1)C(C)OC2=O. The molecule has 0 N–H and O–H groups in total. The van der Waals surface area contributed by atoms with Gasteiger partial charge in [-0.3, -0.25) is 0 Å². The van der Waals surface area contributed by atoms with E-state index in [-0.39, 0.29) is 12.1 Å². The van der Waals surface area contributed by atoms with Crippen molar-refractivity contribution in [2.75, 3.05) is 7.11 Å². The van der Waals surface area contributed by atoms with Gasteiger partial charge in [0.1, 0.15) is 11.9 Å². The smallest absolute Gasteiger partial charge is 0.339 e. The van der Waals surface area contributed by atoms with Crippen molar-refractivity contribution in [3.8, 4) is 5.75 Å². The van der Waals surface area contributed by atoms with Gasteiger partial charge in [-0.2, -0.15) is 0 Å². The van der Waals surface area contributed by atoms with Crippen molar-refractivity contribution >= 4 is 5.97 Å². The first-order chi connectivity index (χ1) is 6.22. The maximum absolute atomic E-state index is 11.2. The maximum Gasteiger partial charge on any atom is 0.339 e. The average Bonchev–Trinajstić information content (AvgIpc) is 2.42. The summed E-state index contributed by atoms with van der Waals surface area (Å²) in [5.41, 5.74) is 1.55. The van der Waals surface area contributed by atoms with Crippen LogP contribution in [0.2, 0.25) is 0 Å². The van der Waals surface area contributed by atoms with E-state index in [1.54, 1.807) is 19.2 Å². The summed E-state index contributed by atoms with van der Waals surface area (Å²) in [6.45, 7) is 1.85. The standard InChI is InChI=1S/C10H10O3/c1-6-9-5-7(12-2)3-4-8(9)10(11)13-6/h3-6H,1-2H3. The fourth-order valence-electron chi connectivity index (χ4n) is 1.48. The van der Waals surface area contributed by atoms with E-state index in [0.717, 1.165) is 11.3 Å². The molecule has 0 radical (unpaired) electrons. The van der Waals surface area contributed by atoms with Crippen molar-refractivity contribution in [1.82, 2.24) is 0 Å². The minimum absolute atomic E-state index is 0.155. The van der Waals surface area contributed by atoms with Gasteiger partial charge in [-0.25, -0.2) is 4.79 Å². The van der Waals surface area contributed by atoms with Gasteiger partial charge in [0, 0.05) is 5.56 Å². The van der Waals surface area contributed by atoms with Gasteiger partial charge in [-0.1, -0.05) is 0 Å². The molecule has 1 aliphatic heterocycles. The first kappa shape index (κ1) is 8.10. The molecule has 1 heterocycles. The second-order valence-corrected chi connectivity index (χ2v) is 3.00. The maximum atomic E-state index is 11.2. The van der Waals surface area contributed by atoms with Crippen LogP contribution in [0.3, 0.4) is 0 Å². The molecular formula is C10H10O3. The molecule has 0 bridgehead atoms. The average molecular weight is 178 g/mol. The van der Waals surface area contributed by atoms with Gasteiger partial charge in [0.15, 0.2) is 0 Å². The molecule has 68 valence electrons. The second kappa shape index (κ2) is 2.76. The lowest BCUT2D eigenvalue weighted by atomic mass is 10.1. The van der Waals surface area contributed by atoms with Crippen molar-refractivity contribution in [1.29, 1.82) is 0 Å². The molecule has 0 amide bonds. The molecule has 0 saturated heterocycles. The van der Waals surface area contributed by atoms with Crippen LogP contribution in [0.25, 0.3) is 0 Å². The van der Waals surface area contributed by atoms with E-state index in [1.807, 2.05) is 13.0 Å². The van der Waals surface area contributed by atoms with Gasteiger partial charge < -0.3 is 9.47 Å². The highest BCUT2D eigenvalue weighted by Gasteiger charge is 2.27. The molecule has 1 aromatic rings. The minimum Gasteiger partial charge on any atom is -0.497 e. The number of carbonyl (C=O) groups excluding carboxylic acids is 1. The third-order valence-electron chi connectivity index (χ3n) is 2.20. The Morgan fingerprint density at radius 1 is 1.46 bits per heavy atom. The van der Waals surface area contributed by atoms with E-state index in [0.29, 0.717) is 5.56 Å². The van der Waals surface area contributed by atoms with E-state index in [9.17, 15) is 4.79 Å². The van der Waals surface area contributed by atoms with Gasteiger partial charge >= 0.3 is 5.97 Å². The van der Waals surface area contributed by atoms with E-state index >= 15 is 0 Å². The lowest BCUT2D eigenvalue weighted by Crippen LogP contribution is -1.93. The number of carbonyl (C=O) groups is 1. The largest absolute Gasteiger partial charge is 0.497 e. The van der Waals surface area contributed by atoms with Crippen LogP contribution in [-0.4, -0.2) is 13.1 Å². The first-order valence-corrected chi connectivity index (χ1v) is 4.11. The van der Waals surface area contributed by atoms with Crippen LogP contribution in [0.15, 0.2) is 18.2 Å².